The van der Waals surface area contributed by atoms with E-state index in [0.717, 1.165) is 32.5 Å². The van der Waals surface area contributed by atoms with Crippen molar-refractivity contribution >= 4 is 28.6 Å². The number of likely N-dealkylation sites (tertiary alicyclic amines) is 1. The summed E-state index contributed by atoms with van der Waals surface area (Å²) in [6, 6.07) is 13.9. The molecule has 0 aliphatic carbocycles. The number of amides is 2. The smallest absolute Gasteiger partial charge is 0.378 e. The Bertz CT molecular complexity index is 1440. The van der Waals surface area contributed by atoms with Gasteiger partial charge in [0.05, 0.1) is 18.3 Å². The van der Waals surface area contributed by atoms with Gasteiger partial charge in [0.15, 0.2) is 5.54 Å². The number of hydrogen-bond donors (Lipinski definition) is 0. The maximum absolute atomic E-state index is 13.6. The average molecular weight is 526 g/mol. The quantitative estimate of drug-likeness (QED) is 0.523. The first-order valence-corrected chi connectivity index (χ1v) is 12.5. The molecule has 2 saturated heterocycles. The van der Waals surface area contributed by atoms with Gasteiger partial charge >= 0.3 is 12.1 Å². The fourth-order valence-corrected chi connectivity index (χ4v) is 5.62. The Morgan fingerprint density at radius 1 is 1.13 bits per heavy atom. The van der Waals surface area contributed by atoms with Gasteiger partial charge in [-0.15, -0.1) is 0 Å². The van der Waals surface area contributed by atoms with E-state index in [1.165, 1.54) is 0 Å². The second-order valence-electron chi connectivity index (χ2n) is 10.2. The van der Waals surface area contributed by atoms with Crippen LogP contribution >= 0.6 is 0 Å². The van der Waals surface area contributed by atoms with E-state index in [2.05, 4.69) is 11.2 Å². The van der Waals surface area contributed by atoms with Crippen LogP contribution in [-0.2, 0) is 21.4 Å². The Balaban J connectivity index is 1.26. The van der Waals surface area contributed by atoms with Crippen molar-refractivity contribution < 1.29 is 27.5 Å². The molecule has 1 spiro atoms. The minimum atomic E-state index is -4.90. The molecule has 1 unspecified atom stereocenters. The third kappa shape index (κ3) is 4.14. The van der Waals surface area contributed by atoms with Gasteiger partial charge in [0.1, 0.15) is 5.84 Å². The number of nitrogens with zero attached hydrogens (tertiary/aromatic N) is 5. The number of carbonyl (C=O) groups excluding carboxylic acids is 2. The maximum atomic E-state index is 13.6. The summed E-state index contributed by atoms with van der Waals surface area (Å²) in [6.07, 6.45) is -2.24. The summed E-state index contributed by atoms with van der Waals surface area (Å²) in [5.74, 6) is -1.81. The molecular formula is C27H26F3N5O3. The first kappa shape index (κ1) is 24.6. The minimum Gasteiger partial charge on any atom is -0.378 e. The van der Waals surface area contributed by atoms with Gasteiger partial charge in [0, 0.05) is 50.7 Å². The SMILES string of the molecule is Cn1ncc2cc(-c3ccc(C4=NC5(CCOC5)C(=O)N4C[C@@H]4CCN(C(=O)C(F)(F)F)C4)cc3)ccc21. The molecule has 38 heavy (non-hydrogen) atoms. The Morgan fingerprint density at radius 2 is 1.87 bits per heavy atom. The van der Waals surface area contributed by atoms with Crippen LogP contribution in [0.5, 0.6) is 0 Å². The first-order chi connectivity index (χ1) is 18.1. The molecule has 2 amide bonds. The third-order valence-electron chi connectivity index (χ3n) is 7.70. The van der Waals surface area contributed by atoms with Crippen LogP contribution in [-0.4, -0.2) is 81.8 Å². The predicted octanol–water partition coefficient (Wildman–Crippen LogP) is 3.40. The van der Waals surface area contributed by atoms with E-state index in [-0.39, 0.29) is 38.1 Å². The molecule has 11 heteroatoms. The molecule has 2 atom stereocenters. The highest BCUT2D eigenvalue weighted by Crippen LogP contribution is 2.35. The second-order valence-corrected chi connectivity index (χ2v) is 10.2. The van der Waals surface area contributed by atoms with Crippen LogP contribution in [0.4, 0.5) is 13.2 Å². The summed E-state index contributed by atoms with van der Waals surface area (Å²) < 4.78 is 46.1. The van der Waals surface area contributed by atoms with Gasteiger partial charge in [-0.3, -0.25) is 19.2 Å². The number of amidine groups is 1. The zero-order valence-corrected chi connectivity index (χ0v) is 20.7. The van der Waals surface area contributed by atoms with Crippen LogP contribution in [0.25, 0.3) is 22.0 Å². The topological polar surface area (TPSA) is 80.0 Å². The predicted molar refractivity (Wildman–Crippen MR) is 133 cm³/mol. The number of aryl methyl sites for hydroxylation is 1. The van der Waals surface area contributed by atoms with Crippen molar-refractivity contribution in [2.24, 2.45) is 18.0 Å². The number of rotatable bonds is 4. The summed E-state index contributed by atoms with van der Waals surface area (Å²) in [6.45, 7) is 0.763. The monoisotopic (exact) mass is 525 g/mol. The molecule has 0 N–H and O–H groups in total. The number of aliphatic imine (C=N–C) groups is 1. The van der Waals surface area contributed by atoms with Gasteiger partial charge in [0.25, 0.3) is 5.91 Å². The lowest BCUT2D eigenvalue weighted by molar-refractivity contribution is -0.184. The van der Waals surface area contributed by atoms with E-state index in [4.69, 9.17) is 9.73 Å². The maximum Gasteiger partial charge on any atom is 0.471 e. The van der Waals surface area contributed by atoms with Crippen molar-refractivity contribution in [3.8, 4) is 11.1 Å². The fourth-order valence-electron chi connectivity index (χ4n) is 5.62. The van der Waals surface area contributed by atoms with Crippen LogP contribution in [0, 0.1) is 5.92 Å². The van der Waals surface area contributed by atoms with E-state index in [1.54, 1.807) is 4.90 Å². The molecule has 8 nitrogen and oxygen atoms in total. The van der Waals surface area contributed by atoms with Crippen LogP contribution in [0.2, 0.25) is 0 Å². The van der Waals surface area contributed by atoms with Crippen molar-refractivity contribution in [1.82, 2.24) is 19.6 Å². The Kier molecular flexibility index (Phi) is 5.78. The van der Waals surface area contributed by atoms with Crippen LogP contribution in [0.15, 0.2) is 53.7 Å². The summed E-state index contributed by atoms with van der Waals surface area (Å²) in [5, 5.41) is 5.32. The van der Waals surface area contributed by atoms with Crippen molar-refractivity contribution in [2.45, 2.75) is 24.6 Å². The van der Waals surface area contributed by atoms with Crippen LogP contribution in [0.1, 0.15) is 18.4 Å². The fraction of sp³-hybridized carbons (Fsp3) is 0.407. The molecule has 2 fully saturated rings. The molecule has 3 aromatic rings. The van der Waals surface area contributed by atoms with Crippen molar-refractivity contribution in [3.05, 3.63) is 54.2 Å². The van der Waals surface area contributed by atoms with E-state index in [1.807, 2.05) is 54.3 Å². The van der Waals surface area contributed by atoms with Gasteiger partial charge in [-0.2, -0.15) is 18.3 Å². The minimum absolute atomic E-state index is 0.0156. The van der Waals surface area contributed by atoms with Crippen molar-refractivity contribution in [1.29, 1.82) is 0 Å². The molecule has 4 heterocycles. The van der Waals surface area contributed by atoms with Gasteiger partial charge in [-0.05, 0) is 35.6 Å². The van der Waals surface area contributed by atoms with Crippen LogP contribution in [0.3, 0.4) is 0 Å². The lowest BCUT2D eigenvalue weighted by atomic mass is 9.98. The Labute approximate surface area is 216 Å². The lowest BCUT2D eigenvalue weighted by Crippen LogP contribution is -2.46. The summed E-state index contributed by atoms with van der Waals surface area (Å²) in [5.41, 5.74) is 2.80. The molecule has 2 aromatic carbocycles. The van der Waals surface area contributed by atoms with Gasteiger partial charge < -0.3 is 9.64 Å². The van der Waals surface area contributed by atoms with E-state index >= 15 is 0 Å². The van der Waals surface area contributed by atoms with Crippen molar-refractivity contribution in [2.75, 3.05) is 32.8 Å². The molecule has 6 rings (SSSR count). The molecule has 1 aromatic heterocycles. The van der Waals surface area contributed by atoms with Gasteiger partial charge in [-0.1, -0.05) is 30.3 Å². The average Bonchev–Trinajstić information content (AvgIpc) is 3.69. The molecule has 3 aliphatic rings. The third-order valence-corrected chi connectivity index (χ3v) is 7.70. The highest BCUT2D eigenvalue weighted by atomic mass is 19.4. The second kappa shape index (κ2) is 8.93. The highest BCUT2D eigenvalue weighted by Gasteiger charge is 2.52. The number of hydrogen-bond acceptors (Lipinski definition) is 5. The number of carbonyl (C=O) groups is 2. The summed E-state index contributed by atoms with van der Waals surface area (Å²) >= 11 is 0. The van der Waals surface area contributed by atoms with E-state index in [9.17, 15) is 22.8 Å². The standard InChI is InChI=1S/C27H26F3N5O3/c1-33-22-7-6-20(12-21(22)13-31-33)18-2-4-19(5-3-18)23-32-26(9-11-38-16-26)24(36)35(23)15-17-8-10-34(14-17)25(37)27(28,29)30/h2-7,12-13,17H,8-11,14-16H2,1H3/t17-,26?/m1/s1. The number of alkyl halides is 3. The largest absolute Gasteiger partial charge is 0.471 e. The molecule has 0 bridgehead atoms. The molecule has 3 aliphatic heterocycles. The number of fused-ring (bicyclic) bond motifs is 1. The Hall–Kier alpha value is -3.73. The molecule has 198 valence electrons. The molecule has 0 radical (unpaired) electrons. The Morgan fingerprint density at radius 3 is 2.58 bits per heavy atom. The van der Waals surface area contributed by atoms with Crippen molar-refractivity contribution in [3.63, 3.8) is 0 Å². The van der Waals surface area contributed by atoms with Gasteiger partial charge in [0.2, 0.25) is 0 Å². The normalized spacial score (nSPS) is 23.7. The lowest BCUT2D eigenvalue weighted by Gasteiger charge is -2.25. The molecule has 0 saturated carbocycles. The molecular weight excluding hydrogens is 499 g/mol. The zero-order chi connectivity index (χ0) is 26.7. The van der Waals surface area contributed by atoms with Gasteiger partial charge in [-0.25, -0.2) is 4.99 Å². The number of aromatic nitrogens is 2. The summed E-state index contributed by atoms with van der Waals surface area (Å²) in [7, 11) is 1.89. The number of benzene rings is 2. The first-order valence-electron chi connectivity index (χ1n) is 12.5. The van der Waals surface area contributed by atoms with E-state index < -0.39 is 17.6 Å². The van der Waals surface area contributed by atoms with E-state index in [0.29, 0.717) is 25.3 Å². The number of halogens is 3. The summed E-state index contributed by atoms with van der Waals surface area (Å²) in [4.78, 5) is 32.5. The van der Waals surface area contributed by atoms with Crippen LogP contribution < -0.4 is 0 Å². The number of ether oxygens (including phenoxy) is 1. The zero-order valence-electron chi connectivity index (χ0n) is 20.7. The highest BCUT2D eigenvalue weighted by molar-refractivity contribution is 6.15.